The molecule has 19 heavy (non-hydrogen) atoms. The van der Waals surface area contributed by atoms with E-state index < -0.39 is 0 Å². The Labute approximate surface area is 115 Å². The zero-order valence-corrected chi connectivity index (χ0v) is 12.1. The second-order valence-corrected chi connectivity index (χ2v) is 5.24. The third-order valence-corrected chi connectivity index (χ3v) is 3.89. The molecular formula is C15H24N2O2. The number of nitrogens with zero attached hydrogens (tertiary/aromatic N) is 1. The highest BCUT2D eigenvalue weighted by atomic mass is 16.5. The van der Waals surface area contributed by atoms with Crippen LogP contribution in [0.2, 0.25) is 0 Å². The minimum absolute atomic E-state index is 0.424. The van der Waals surface area contributed by atoms with Gasteiger partial charge in [-0.25, -0.2) is 0 Å². The molecule has 0 amide bonds. The first kappa shape index (κ1) is 14.2. The number of nitrogens with two attached hydrogens (primary N) is 1. The first-order chi connectivity index (χ1) is 9.17. The zero-order chi connectivity index (χ0) is 13.8. The average Bonchev–Trinajstić information content (AvgIpc) is 2.77. The molecule has 1 aromatic rings. The summed E-state index contributed by atoms with van der Waals surface area (Å²) in [6, 6.07) is 7.09. The van der Waals surface area contributed by atoms with E-state index in [2.05, 4.69) is 17.0 Å². The van der Waals surface area contributed by atoms with Crippen LogP contribution in [0.3, 0.4) is 0 Å². The average molecular weight is 264 g/mol. The van der Waals surface area contributed by atoms with Crippen molar-refractivity contribution in [1.29, 1.82) is 0 Å². The Morgan fingerprint density at radius 3 is 2.21 bits per heavy atom. The minimum atomic E-state index is 0.424. The Hall–Kier alpha value is -1.26. The van der Waals surface area contributed by atoms with E-state index in [0.29, 0.717) is 12.1 Å². The van der Waals surface area contributed by atoms with E-state index in [-0.39, 0.29) is 0 Å². The molecule has 2 unspecified atom stereocenters. The molecule has 2 rings (SSSR count). The van der Waals surface area contributed by atoms with Crippen molar-refractivity contribution in [3.63, 3.8) is 0 Å². The van der Waals surface area contributed by atoms with Crippen molar-refractivity contribution in [2.45, 2.75) is 31.8 Å². The second-order valence-electron chi connectivity index (χ2n) is 5.24. The van der Waals surface area contributed by atoms with Gasteiger partial charge in [-0.2, -0.15) is 0 Å². The molecule has 1 fully saturated rings. The number of aryl methyl sites for hydroxylation is 1. The third-order valence-electron chi connectivity index (χ3n) is 3.89. The molecule has 2 N–H and O–H groups in total. The highest BCUT2D eigenvalue weighted by molar-refractivity contribution is 5.59. The number of ether oxygens (including phenoxy) is 2. The monoisotopic (exact) mass is 264 g/mol. The normalized spacial score (nSPS) is 23.0. The van der Waals surface area contributed by atoms with E-state index in [1.54, 1.807) is 14.2 Å². The maximum absolute atomic E-state index is 5.91. The maximum Gasteiger partial charge on any atom is 0.0666 e. The Kier molecular flexibility index (Phi) is 4.66. The lowest BCUT2D eigenvalue weighted by atomic mass is 10.1. The number of anilines is 2. The molecule has 1 aliphatic heterocycles. The third kappa shape index (κ3) is 3.01. The van der Waals surface area contributed by atoms with Crippen molar-refractivity contribution in [3.8, 4) is 0 Å². The first-order valence-electron chi connectivity index (χ1n) is 6.79. The van der Waals surface area contributed by atoms with Crippen LogP contribution in [0.25, 0.3) is 0 Å². The predicted octanol–water partition coefficient (Wildman–Crippen LogP) is 2.21. The van der Waals surface area contributed by atoms with Crippen molar-refractivity contribution in [1.82, 2.24) is 0 Å². The molecular weight excluding hydrogens is 240 g/mol. The molecule has 4 heteroatoms. The number of benzene rings is 1. The fourth-order valence-corrected chi connectivity index (χ4v) is 2.92. The Balaban J connectivity index is 2.26. The van der Waals surface area contributed by atoms with Gasteiger partial charge in [0.05, 0.1) is 25.3 Å². The molecule has 0 aliphatic carbocycles. The molecule has 2 atom stereocenters. The highest BCUT2D eigenvalue weighted by Gasteiger charge is 2.33. The summed E-state index contributed by atoms with van der Waals surface area (Å²) < 4.78 is 10.7. The van der Waals surface area contributed by atoms with Crippen LogP contribution in [0.1, 0.15) is 18.4 Å². The van der Waals surface area contributed by atoms with E-state index >= 15 is 0 Å². The summed E-state index contributed by atoms with van der Waals surface area (Å²) in [6.07, 6.45) is 2.29. The van der Waals surface area contributed by atoms with Gasteiger partial charge in [-0.1, -0.05) is 0 Å². The molecule has 106 valence electrons. The van der Waals surface area contributed by atoms with Gasteiger partial charge < -0.3 is 20.1 Å². The summed E-state index contributed by atoms with van der Waals surface area (Å²) in [5, 5.41) is 0. The van der Waals surface area contributed by atoms with Gasteiger partial charge >= 0.3 is 0 Å². The van der Waals surface area contributed by atoms with Crippen LogP contribution < -0.4 is 10.6 Å². The summed E-state index contributed by atoms with van der Waals surface area (Å²) in [4.78, 5) is 2.43. The number of rotatable bonds is 5. The van der Waals surface area contributed by atoms with Crippen LogP contribution in [0.15, 0.2) is 18.2 Å². The standard InChI is InChI=1S/C15H24N2O2/c1-11-8-12(6-7-15(11)16)17-13(9-18-2)4-5-14(17)10-19-3/h6-8,13-14H,4-5,9-10,16H2,1-3H3. The fourth-order valence-electron chi connectivity index (χ4n) is 2.92. The summed E-state index contributed by atoms with van der Waals surface area (Å²) in [6.45, 7) is 3.55. The Morgan fingerprint density at radius 1 is 1.16 bits per heavy atom. The molecule has 0 saturated carbocycles. The topological polar surface area (TPSA) is 47.7 Å². The van der Waals surface area contributed by atoms with Crippen molar-refractivity contribution in [2.24, 2.45) is 0 Å². The van der Waals surface area contributed by atoms with E-state index in [0.717, 1.165) is 37.3 Å². The predicted molar refractivity (Wildman–Crippen MR) is 78.6 cm³/mol. The smallest absolute Gasteiger partial charge is 0.0666 e. The van der Waals surface area contributed by atoms with Crippen LogP contribution >= 0.6 is 0 Å². The lowest BCUT2D eigenvalue weighted by Gasteiger charge is -2.32. The molecule has 0 spiro atoms. The van der Waals surface area contributed by atoms with Gasteiger partial charge in [-0.15, -0.1) is 0 Å². The second kappa shape index (κ2) is 6.26. The first-order valence-corrected chi connectivity index (χ1v) is 6.79. The van der Waals surface area contributed by atoms with Crippen molar-refractivity contribution in [2.75, 3.05) is 38.1 Å². The van der Waals surface area contributed by atoms with Gasteiger partial charge in [0, 0.05) is 25.6 Å². The lowest BCUT2D eigenvalue weighted by Crippen LogP contribution is -2.40. The van der Waals surface area contributed by atoms with Gasteiger partial charge in [0.1, 0.15) is 0 Å². The summed E-state index contributed by atoms with van der Waals surface area (Å²) in [7, 11) is 3.52. The van der Waals surface area contributed by atoms with Crippen LogP contribution in [-0.4, -0.2) is 39.5 Å². The van der Waals surface area contributed by atoms with E-state index in [1.807, 2.05) is 13.0 Å². The van der Waals surface area contributed by atoms with Crippen molar-refractivity contribution < 1.29 is 9.47 Å². The van der Waals surface area contributed by atoms with Gasteiger partial charge in [-0.05, 0) is 43.5 Å². The maximum atomic E-state index is 5.91. The fraction of sp³-hybridized carbons (Fsp3) is 0.600. The summed E-state index contributed by atoms with van der Waals surface area (Å²) in [5.41, 5.74) is 9.09. The van der Waals surface area contributed by atoms with Gasteiger partial charge in [0.25, 0.3) is 0 Å². The molecule has 0 radical (unpaired) electrons. The van der Waals surface area contributed by atoms with Crippen molar-refractivity contribution in [3.05, 3.63) is 23.8 Å². The quantitative estimate of drug-likeness (QED) is 0.828. The van der Waals surface area contributed by atoms with Gasteiger partial charge in [0.2, 0.25) is 0 Å². The minimum Gasteiger partial charge on any atom is -0.399 e. The Morgan fingerprint density at radius 2 is 1.74 bits per heavy atom. The zero-order valence-electron chi connectivity index (χ0n) is 12.1. The molecule has 1 saturated heterocycles. The summed E-state index contributed by atoms with van der Waals surface area (Å²) >= 11 is 0. The van der Waals surface area contributed by atoms with Crippen LogP contribution in [0.4, 0.5) is 11.4 Å². The van der Waals surface area contributed by atoms with E-state index in [4.69, 9.17) is 15.2 Å². The largest absolute Gasteiger partial charge is 0.399 e. The van der Waals surface area contributed by atoms with Gasteiger partial charge in [-0.3, -0.25) is 0 Å². The number of hydrogen-bond donors (Lipinski definition) is 1. The van der Waals surface area contributed by atoms with Crippen LogP contribution in [0.5, 0.6) is 0 Å². The van der Waals surface area contributed by atoms with Crippen LogP contribution in [-0.2, 0) is 9.47 Å². The molecule has 0 aromatic heterocycles. The number of nitrogen functional groups attached to an aromatic ring is 1. The SMILES string of the molecule is COCC1CCC(COC)N1c1ccc(N)c(C)c1. The van der Waals surface area contributed by atoms with Crippen molar-refractivity contribution >= 4 is 11.4 Å². The van der Waals surface area contributed by atoms with E-state index in [9.17, 15) is 0 Å². The van der Waals surface area contributed by atoms with Gasteiger partial charge in [0.15, 0.2) is 0 Å². The van der Waals surface area contributed by atoms with Crippen LogP contribution in [0, 0.1) is 6.92 Å². The Bertz CT molecular complexity index is 409. The molecule has 1 aliphatic rings. The highest BCUT2D eigenvalue weighted by Crippen LogP contribution is 2.32. The number of hydrogen-bond acceptors (Lipinski definition) is 4. The molecule has 1 heterocycles. The summed E-state index contributed by atoms with van der Waals surface area (Å²) in [5.74, 6) is 0. The lowest BCUT2D eigenvalue weighted by molar-refractivity contribution is 0.167. The number of methoxy groups -OCH3 is 2. The molecule has 4 nitrogen and oxygen atoms in total. The molecule has 0 bridgehead atoms. The van der Waals surface area contributed by atoms with E-state index in [1.165, 1.54) is 5.69 Å². The molecule has 1 aromatic carbocycles.